The first-order chi connectivity index (χ1) is 16.3. The van der Waals surface area contributed by atoms with Gasteiger partial charge in [0.2, 0.25) is 5.95 Å². The van der Waals surface area contributed by atoms with Crippen LogP contribution in [0.1, 0.15) is 23.1 Å². The number of aromatic nitrogens is 6. The Morgan fingerprint density at radius 3 is 2.65 bits per heavy atom. The molecule has 11 heteroatoms. The van der Waals surface area contributed by atoms with Crippen LogP contribution in [0.2, 0.25) is 5.02 Å². The van der Waals surface area contributed by atoms with Gasteiger partial charge in [-0.2, -0.15) is 10.1 Å². The maximum Gasteiger partial charge on any atom is 0.228 e. The van der Waals surface area contributed by atoms with Gasteiger partial charge in [-0.15, -0.1) is 0 Å². The number of nitrogens with zero attached hydrogens (tertiary/aromatic N) is 7. The highest BCUT2D eigenvalue weighted by atomic mass is 35.5. The molecule has 1 aliphatic heterocycles. The molecule has 1 fully saturated rings. The summed E-state index contributed by atoms with van der Waals surface area (Å²) in [7, 11) is 1.83. The van der Waals surface area contributed by atoms with Crippen molar-refractivity contribution < 1.29 is 14.2 Å². The van der Waals surface area contributed by atoms with Gasteiger partial charge in [0.1, 0.15) is 23.1 Å². The standard InChI is InChI=1S/C23H23ClFN7O2/c1-12-13(2)28-22-21(27-12)20(17-5-4-15(24)6-18(17)25)29-23(30-22)32-9-16(11-33)34-19(10-32)14-7-26-31(3)8-14/h4-8,16,19,33H,9-11H2,1-3H3. The Bertz CT molecular complexity index is 1380. The van der Waals surface area contributed by atoms with Gasteiger partial charge < -0.3 is 14.7 Å². The van der Waals surface area contributed by atoms with Crippen LogP contribution in [0.25, 0.3) is 22.4 Å². The topological polar surface area (TPSA) is 102 Å². The normalized spacial score (nSPS) is 18.6. The van der Waals surface area contributed by atoms with E-state index >= 15 is 0 Å². The van der Waals surface area contributed by atoms with Crippen LogP contribution in [0.3, 0.4) is 0 Å². The molecule has 1 N–H and O–H groups in total. The van der Waals surface area contributed by atoms with Gasteiger partial charge in [0, 0.05) is 35.9 Å². The molecule has 0 aliphatic carbocycles. The first kappa shape index (κ1) is 22.6. The molecule has 0 saturated carbocycles. The van der Waals surface area contributed by atoms with Gasteiger partial charge in [-0.3, -0.25) is 4.68 Å². The minimum Gasteiger partial charge on any atom is -0.394 e. The Balaban J connectivity index is 1.65. The van der Waals surface area contributed by atoms with Gasteiger partial charge in [-0.1, -0.05) is 11.6 Å². The first-order valence-electron chi connectivity index (χ1n) is 10.8. The Labute approximate surface area is 200 Å². The van der Waals surface area contributed by atoms with Crippen LogP contribution >= 0.6 is 11.6 Å². The number of halogens is 2. The van der Waals surface area contributed by atoms with E-state index in [0.717, 1.165) is 11.3 Å². The van der Waals surface area contributed by atoms with Crippen molar-refractivity contribution in [1.82, 2.24) is 29.7 Å². The lowest BCUT2D eigenvalue weighted by molar-refractivity contribution is -0.0526. The van der Waals surface area contributed by atoms with E-state index < -0.39 is 11.9 Å². The summed E-state index contributed by atoms with van der Waals surface area (Å²) < 4.78 is 22.7. The molecule has 9 nitrogen and oxygen atoms in total. The molecule has 0 bridgehead atoms. The number of hydrogen-bond donors (Lipinski definition) is 1. The number of aliphatic hydroxyl groups excluding tert-OH is 1. The summed E-state index contributed by atoms with van der Waals surface area (Å²) in [6.07, 6.45) is 2.80. The lowest BCUT2D eigenvalue weighted by Gasteiger charge is -2.37. The van der Waals surface area contributed by atoms with Crippen molar-refractivity contribution in [3.8, 4) is 11.3 Å². The zero-order valence-corrected chi connectivity index (χ0v) is 19.7. The van der Waals surface area contributed by atoms with E-state index in [2.05, 4.69) is 20.1 Å². The molecule has 2 unspecified atom stereocenters. The second kappa shape index (κ2) is 8.86. The molecule has 1 saturated heterocycles. The Morgan fingerprint density at radius 2 is 1.94 bits per heavy atom. The number of anilines is 1. The van der Waals surface area contributed by atoms with Gasteiger partial charge in [-0.25, -0.2) is 19.3 Å². The van der Waals surface area contributed by atoms with Crippen molar-refractivity contribution in [2.45, 2.75) is 26.1 Å². The molecule has 4 heterocycles. The van der Waals surface area contributed by atoms with Crippen molar-refractivity contribution in [2.24, 2.45) is 7.05 Å². The van der Waals surface area contributed by atoms with E-state index in [0.29, 0.717) is 41.6 Å². The Hall–Kier alpha value is -3.21. The maximum atomic E-state index is 15.0. The predicted octanol–water partition coefficient (Wildman–Crippen LogP) is 3.17. The summed E-state index contributed by atoms with van der Waals surface area (Å²) in [4.78, 5) is 20.5. The monoisotopic (exact) mass is 483 g/mol. The van der Waals surface area contributed by atoms with Gasteiger partial charge >= 0.3 is 0 Å². The first-order valence-corrected chi connectivity index (χ1v) is 11.2. The average Bonchev–Trinajstić information content (AvgIpc) is 3.25. The van der Waals surface area contributed by atoms with Crippen LogP contribution in [-0.2, 0) is 11.8 Å². The number of fused-ring (bicyclic) bond motifs is 1. The Morgan fingerprint density at radius 1 is 1.15 bits per heavy atom. The fourth-order valence-corrected chi connectivity index (χ4v) is 4.16. The van der Waals surface area contributed by atoms with Crippen molar-refractivity contribution >= 4 is 28.7 Å². The highest BCUT2D eigenvalue weighted by molar-refractivity contribution is 6.30. The molecule has 4 aromatic rings. The molecule has 0 amide bonds. The number of aryl methyl sites for hydroxylation is 3. The molecular weight excluding hydrogens is 461 g/mol. The zero-order chi connectivity index (χ0) is 24.0. The van der Waals surface area contributed by atoms with Crippen LogP contribution in [0.4, 0.5) is 10.3 Å². The maximum absolute atomic E-state index is 15.0. The van der Waals surface area contributed by atoms with E-state index in [1.165, 1.54) is 6.07 Å². The third-order valence-electron chi connectivity index (χ3n) is 5.87. The molecule has 176 valence electrons. The number of ether oxygens (including phenoxy) is 1. The van der Waals surface area contributed by atoms with Crippen molar-refractivity contribution in [3.05, 3.63) is 58.4 Å². The molecule has 0 radical (unpaired) electrons. The van der Waals surface area contributed by atoms with E-state index in [4.69, 9.17) is 21.3 Å². The molecule has 3 aromatic heterocycles. The smallest absolute Gasteiger partial charge is 0.228 e. The molecule has 34 heavy (non-hydrogen) atoms. The van der Waals surface area contributed by atoms with E-state index in [1.54, 1.807) is 23.0 Å². The van der Waals surface area contributed by atoms with Crippen LogP contribution in [0.15, 0.2) is 30.6 Å². The fourth-order valence-electron chi connectivity index (χ4n) is 4.00. The fraction of sp³-hybridized carbons (Fsp3) is 0.348. The lowest BCUT2D eigenvalue weighted by Crippen LogP contribution is -2.46. The number of morpholine rings is 1. The summed E-state index contributed by atoms with van der Waals surface area (Å²) in [5, 5.41) is 14.4. The second-order valence-corrected chi connectivity index (χ2v) is 8.78. The SMILES string of the molecule is Cc1nc2nc(N3CC(CO)OC(c4cnn(C)c4)C3)nc(-c3ccc(Cl)cc3F)c2nc1C. The minimum absolute atomic E-state index is 0.169. The van der Waals surface area contributed by atoms with Gasteiger partial charge in [-0.05, 0) is 32.0 Å². The lowest BCUT2D eigenvalue weighted by atomic mass is 10.1. The summed E-state index contributed by atoms with van der Waals surface area (Å²) in [6.45, 7) is 4.30. The number of benzene rings is 1. The molecule has 0 spiro atoms. The van der Waals surface area contributed by atoms with Crippen LogP contribution in [0.5, 0.6) is 0 Å². The molecule has 1 aromatic carbocycles. The third kappa shape index (κ3) is 4.20. The third-order valence-corrected chi connectivity index (χ3v) is 6.10. The summed E-state index contributed by atoms with van der Waals surface area (Å²) in [5.74, 6) is -0.160. The zero-order valence-electron chi connectivity index (χ0n) is 18.9. The van der Waals surface area contributed by atoms with E-state index in [-0.39, 0.29) is 23.3 Å². The number of hydrogen-bond acceptors (Lipinski definition) is 8. The number of rotatable bonds is 4. The molecular formula is C23H23ClFN7O2. The predicted molar refractivity (Wildman–Crippen MR) is 125 cm³/mol. The Kier molecular flexibility index (Phi) is 5.88. The highest BCUT2D eigenvalue weighted by Gasteiger charge is 2.31. The summed E-state index contributed by atoms with van der Waals surface area (Å²) >= 11 is 5.98. The van der Waals surface area contributed by atoms with Gasteiger partial charge in [0.25, 0.3) is 0 Å². The van der Waals surface area contributed by atoms with E-state index in [1.807, 2.05) is 32.0 Å². The van der Waals surface area contributed by atoms with Crippen molar-refractivity contribution in [3.63, 3.8) is 0 Å². The van der Waals surface area contributed by atoms with Crippen molar-refractivity contribution in [1.29, 1.82) is 0 Å². The molecule has 5 rings (SSSR count). The molecule has 2 atom stereocenters. The van der Waals surface area contributed by atoms with Gasteiger partial charge in [0.15, 0.2) is 5.65 Å². The van der Waals surface area contributed by atoms with Crippen LogP contribution < -0.4 is 4.90 Å². The van der Waals surface area contributed by atoms with Crippen LogP contribution in [0, 0.1) is 19.7 Å². The largest absolute Gasteiger partial charge is 0.394 e. The minimum atomic E-state index is -0.512. The summed E-state index contributed by atoms with van der Waals surface area (Å²) in [6, 6.07) is 4.43. The highest BCUT2D eigenvalue weighted by Crippen LogP contribution is 2.32. The van der Waals surface area contributed by atoms with E-state index in [9.17, 15) is 9.50 Å². The average molecular weight is 484 g/mol. The van der Waals surface area contributed by atoms with Crippen molar-refractivity contribution in [2.75, 3.05) is 24.6 Å². The summed E-state index contributed by atoms with van der Waals surface area (Å²) in [5.41, 5.74) is 3.67. The quantitative estimate of drug-likeness (QED) is 0.472. The molecule has 1 aliphatic rings. The number of aliphatic hydroxyl groups is 1. The van der Waals surface area contributed by atoms with Gasteiger partial charge in [0.05, 0.1) is 36.8 Å². The second-order valence-electron chi connectivity index (χ2n) is 8.34. The van der Waals surface area contributed by atoms with Crippen LogP contribution in [-0.4, -0.2) is 60.6 Å².